The van der Waals surface area contributed by atoms with Gasteiger partial charge in [0.05, 0.1) is 0 Å². The van der Waals surface area contributed by atoms with Crippen LogP contribution < -0.4 is 10.2 Å². The summed E-state index contributed by atoms with van der Waals surface area (Å²) in [6.45, 7) is 12.2. The van der Waals surface area contributed by atoms with Crippen molar-refractivity contribution in [3.8, 4) is 5.75 Å². The molecule has 0 aromatic heterocycles. The fraction of sp³-hybridized carbons (Fsp3) is 0.667. The van der Waals surface area contributed by atoms with Crippen LogP contribution in [0, 0.1) is 11.3 Å². The molecule has 0 heterocycles. The highest BCUT2D eigenvalue weighted by atomic mass is 16.3. The lowest BCUT2D eigenvalue weighted by atomic mass is 9.84. The van der Waals surface area contributed by atoms with Crippen LogP contribution in [0.4, 0.5) is 5.69 Å². The first kappa shape index (κ1) is 17.8. The number of phenolic OH excluding ortho intramolecular Hbond substituents is 1. The molecule has 0 saturated heterocycles. The molecule has 1 rings (SSSR count). The summed E-state index contributed by atoms with van der Waals surface area (Å²) >= 11 is 0. The molecule has 0 aliphatic rings. The maximum atomic E-state index is 9.39. The predicted molar refractivity (Wildman–Crippen MR) is 92.1 cm³/mol. The molecule has 120 valence electrons. The minimum Gasteiger partial charge on any atom is -0.508 e. The summed E-state index contributed by atoms with van der Waals surface area (Å²) in [5, 5.41) is 13.0. The molecule has 0 aliphatic heterocycles. The van der Waals surface area contributed by atoms with Gasteiger partial charge in [0.15, 0.2) is 0 Å². The molecule has 0 bridgehead atoms. The first-order chi connectivity index (χ1) is 9.86. The molecule has 1 aromatic carbocycles. The summed E-state index contributed by atoms with van der Waals surface area (Å²) in [5.41, 5.74) is 1.41. The van der Waals surface area contributed by atoms with Gasteiger partial charge < -0.3 is 15.3 Å². The maximum Gasteiger partial charge on any atom is 0.115 e. The molecule has 1 unspecified atom stereocenters. The highest BCUT2D eigenvalue weighted by Crippen LogP contribution is 2.27. The lowest BCUT2D eigenvalue weighted by Gasteiger charge is -2.35. The van der Waals surface area contributed by atoms with E-state index in [2.05, 4.69) is 45.0 Å². The van der Waals surface area contributed by atoms with Crippen LogP contribution >= 0.6 is 0 Å². The van der Waals surface area contributed by atoms with Gasteiger partial charge in [-0.15, -0.1) is 0 Å². The molecule has 1 aromatic rings. The fourth-order valence-corrected chi connectivity index (χ4v) is 2.86. The molecule has 0 amide bonds. The molecule has 3 nitrogen and oxygen atoms in total. The van der Waals surface area contributed by atoms with Crippen molar-refractivity contribution in [2.75, 3.05) is 31.6 Å². The fourth-order valence-electron chi connectivity index (χ4n) is 2.86. The zero-order valence-corrected chi connectivity index (χ0v) is 14.3. The zero-order valence-electron chi connectivity index (χ0n) is 14.3. The molecule has 3 heteroatoms. The van der Waals surface area contributed by atoms with Gasteiger partial charge in [0.1, 0.15) is 5.75 Å². The predicted octanol–water partition coefficient (Wildman–Crippen LogP) is 3.88. The summed E-state index contributed by atoms with van der Waals surface area (Å²) < 4.78 is 0. The van der Waals surface area contributed by atoms with Gasteiger partial charge in [-0.05, 0) is 48.6 Å². The summed E-state index contributed by atoms with van der Waals surface area (Å²) in [6.07, 6.45) is 2.41. The Labute approximate surface area is 130 Å². The van der Waals surface area contributed by atoms with Gasteiger partial charge >= 0.3 is 0 Å². The Morgan fingerprint density at radius 2 is 1.86 bits per heavy atom. The Hall–Kier alpha value is -1.22. The van der Waals surface area contributed by atoms with Crippen molar-refractivity contribution in [3.05, 3.63) is 24.3 Å². The topological polar surface area (TPSA) is 35.5 Å². The summed E-state index contributed by atoms with van der Waals surface area (Å²) in [5.74, 6) is 1.01. The number of aromatic hydroxyl groups is 1. The van der Waals surface area contributed by atoms with E-state index < -0.39 is 0 Å². The van der Waals surface area contributed by atoms with Crippen molar-refractivity contribution < 1.29 is 5.11 Å². The van der Waals surface area contributed by atoms with Gasteiger partial charge in [-0.2, -0.15) is 0 Å². The minimum absolute atomic E-state index is 0.260. The van der Waals surface area contributed by atoms with Crippen molar-refractivity contribution in [1.29, 1.82) is 0 Å². The summed E-state index contributed by atoms with van der Waals surface area (Å²) in [4.78, 5) is 2.28. The maximum absolute atomic E-state index is 9.39. The van der Waals surface area contributed by atoms with Crippen LogP contribution in [0.15, 0.2) is 24.3 Å². The molecule has 2 N–H and O–H groups in total. The minimum atomic E-state index is 0.260. The Morgan fingerprint density at radius 1 is 1.24 bits per heavy atom. The highest BCUT2D eigenvalue weighted by Gasteiger charge is 2.25. The quantitative estimate of drug-likeness (QED) is 0.725. The number of hydrogen-bond acceptors (Lipinski definition) is 3. The zero-order chi connectivity index (χ0) is 15.9. The Balaban J connectivity index is 2.64. The van der Waals surface area contributed by atoms with Crippen molar-refractivity contribution in [2.45, 2.75) is 40.5 Å². The monoisotopic (exact) mass is 292 g/mol. The second-order valence-corrected chi connectivity index (χ2v) is 6.96. The Kier molecular flexibility index (Phi) is 7.03. The normalized spacial score (nSPS) is 14.2. The first-order valence-corrected chi connectivity index (χ1v) is 8.07. The van der Waals surface area contributed by atoms with Crippen LogP contribution in [0.3, 0.4) is 0 Å². The second kappa shape index (κ2) is 8.28. The van der Waals surface area contributed by atoms with Gasteiger partial charge in [0.2, 0.25) is 0 Å². The largest absolute Gasteiger partial charge is 0.508 e. The van der Waals surface area contributed by atoms with E-state index in [0.717, 1.165) is 25.3 Å². The number of hydrogen-bond donors (Lipinski definition) is 2. The molecule has 0 spiro atoms. The third-order valence-electron chi connectivity index (χ3n) is 3.87. The number of anilines is 1. The number of nitrogens with zero attached hydrogens (tertiary/aromatic N) is 1. The van der Waals surface area contributed by atoms with Crippen LogP contribution in [0.5, 0.6) is 5.75 Å². The third kappa shape index (κ3) is 6.38. The lowest BCUT2D eigenvalue weighted by Crippen LogP contribution is -2.42. The van der Waals surface area contributed by atoms with Crippen LogP contribution in [-0.4, -0.2) is 31.8 Å². The van der Waals surface area contributed by atoms with E-state index in [-0.39, 0.29) is 5.41 Å². The van der Waals surface area contributed by atoms with E-state index in [1.54, 1.807) is 12.1 Å². The summed E-state index contributed by atoms with van der Waals surface area (Å²) in [6, 6.07) is 7.45. The molecule has 0 aliphatic carbocycles. The number of benzene rings is 1. The van der Waals surface area contributed by atoms with Crippen LogP contribution in [0.25, 0.3) is 0 Å². The van der Waals surface area contributed by atoms with Crippen LogP contribution in [0.2, 0.25) is 0 Å². The van der Waals surface area contributed by atoms with Crippen LogP contribution in [0.1, 0.15) is 40.5 Å². The molecule has 1 atom stereocenters. The van der Waals surface area contributed by atoms with Crippen molar-refractivity contribution in [3.63, 3.8) is 0 Å². The van der Waals surface area contributed by atoms with E-state index in [1.165, 1.54) is 12.8 Å². The highest BCUT2D eigenvalue weighted by molar-refractivity contribution is 5.48. The van der Waals surface area contributed by atoms with Crippen molar-refractivity contribution >= 4 is 5.69 Å². The van der Waals surface area contributed by atoms with E-state index in [4.69, 9.17) is 0 Å². The Morgan fingerprint density at radius 3 is 2.38 bits per heavy atom. The number of phenols is 1. The summed E-state index contributed by atoms with van der Waals surface area (Å²) in [7, 11) is 2.13. The van der Waals surface area contributed by atoms with Gasteiger partial charge in [-0.25, -0.2) is 0 Å². The van der Waals surface area contributed by atoms with Crippen LogP contribution in [-0.2, 0) is 0 Å². The third-order valence-corrected chi connectivity index (χ3v) is 3.87. The SMILES string of the molecule is CCCC(C)(CNCC(C)C)CN(C)c1ccc(O)cc1. The number of nitrogens with one attached hydrogen (secondary N) is 1. The average Bonchev–Trinajstić information content (AvgIpc) is 2.38. The number of rotatable bonds is 9. The van der Waals surface area contributed by atoms with Gasteiger partial charge in [-0.1, -0.05) is 34.1 Å². The molecular weight excluding hydrogens is 260 g/mol. The standard InChI is InChI=1S/C18H32N2O/c1-6-11-18(4,13-19-12-15(2)3)14-20(5)16-7-9-17(21)10-8-16/h7-10,15,19,21H,6,11-14H2,1-5H3. The van der Waals surface area contributed by atoms with E-state index in [9.17, 15) is 5.11 Å². The molecule has 0 saturated carbocycles. The lowest BCUT2D eigenvalue weighted by molar-refractivity contribution is 0.279. The average molecular weight is 292 g/mol. The van der Waals surface area contributed by atoms with E-state index >= 15 is 0 Å². The second-order valence-electron chi connectivity index (χ2n) is 6.96. The van der Waals surface area contributed by atoms with Crippen molar-refractivity contribution in [2.24, 2.45) is 11.3 Å². The Bertz CT molecular complexity index is 402. The molecule has 0 fully saturated rings. The van der Waals surface area contributed by atoms with Gasteiger partial charge in [0.25, 0.3) is 0 Å². The van der Waals surface area contributed by atoms with Crippen molar-refractivity contribution in [1.82, 2.24) is 5.32 Å². The molecular formula is C18H32N2O. The van der Waals surface area contributed by atoms with Gasteiger partial charge in [-0.3, -0.25) is 0 Å². The van der Waals surface area contributed by atoms with E-state index in [0.29, 0.717) is 11.7 Å². The smallest absolute Gasteiger partial charge is 0.115 e. The van der Waals surface area contributed by atoms with E-state index in [1.807, 2.05) is 12.1 Å². The first-order valence-electron chi connectivity index (χ1n) is 8.07. The molecule has 0 radical (unpaired) electrons. The molecule has 21 heavy (non-hydrogen) atoms. The van der Waals surface area contributed by atoms with Gasteiger partial charge in [0, 0.05) is 25.8 Å².